The van der Waals surface area contributed by atoms with E-state index >= 15 is 0 Å². The molecule has 2 heterocycles. The van der Waals surface area contributed by atoms with Crippen molar-refractivity contribution in [2.75, 3.05) is 12.0 Å². The number of nitrogens with one attached hydrogen (secondary N) is 1. The first kappa shape index (κ1) is 16.9. The Morgan fingerprint density at radius 2 is 1.75 bits per heavy atom. The zero-order valence-electron chi connectivity index (χ0n) is 15.8. The third kappa shape index (κ3) is 2.73. The van der Waals surface area contributed by atoms with E-state index in [1.54, 1.807) is 7.11 Å². The van der Waals surface area contributed by atoms with Gasteiger partial charge in [-0.1, -0.05) is 48.5 Å². The largest absolute Gasteiger partial charge is 0.497 e. The van der Waals surface area contributed by atoms with E-state index in [1.807, 2.05) is 30.3 Å². The number of hydrogen-bond acceptors (Lipinski definition) is 3. The first-order valence-corrected chi connectivity index (χ1v) is 9.62. The molecule has 3 aromatic carbocycles. The number of benzene rings is 3. The van der Waals surface area contributed by atoms with Crippen LogP contribution in [-0.2, 0) is 13.0 Å². The molecule has 1 amide bonds. The van der Waals surface area contributed by atoms with E-state index in [9.17, 15) is 4.79 Å². The molecule has 0 aromatic heterocycles. The molecule has 2 aliphatic rings. The van der Waals surface area contributed by atoms with Gasteiger partial charge in [0.2, 0.25) is 0 Å². The van der Waals surface area contributed by atoms with Gasteiger partial charge < -0.3 is 15.0 Å². The van der Waals surface area contributed by atoms with E-state index in [4.69, 9.17) is 4.74 Å². The number of amides is 1. The van der Waals surface area contributed by atoms with Gasteiger partial charge in [0.05, 0.1) is 18.4 Å². The van der Waals surface area contributed by atoms with E-state index in [0.717, 1.165) is 30.0 Å². The first-order chi connectivity index (χ1) is 13.7. The van der Waals surface area contributed by atoms with Crippen LogP contribution >= 0.6 is 0 Å². The summed E-state index contributed by atoms with van der Waals surface area (Å²) in [6, 6.07) is 24.7. The second-order valence-corrected chi connectivity index (χ2v) is 7.42. The van der Waals surface area contributed by atoms with Crippen LogP contribution in [-0.4, -0.2) is 19.2 Å². The van der Waals surface area contributed by atoms with Crippen LogP contribution in [0.2, 0.25) is 0 Å². The summed E-state index contributed by atoms with van der Waals surface area (Å²) in [4.78, 5) is 15.1. The standard InChI is InChI=1S/C24H22N2O2/c1-28-18-12-10-16(11-13-18)14-21-19-7-3-2-6-17(19)15-26-22-9-5-4-8-20(22)24(27)25-23(21)26/h2-13,21,23H,14-15H2,1H3,(H,25,27)/t21-,23+/m0/s1. The summed E-state index contributed by atoms with van der Waals surface area (Å²) in [5.41, 5.74) is 5.64. The van der Waals surface area contributed by atoms with Crippen LogP contribution in [0, 0.1) is 0 Å². The predicted molar refractivity (Wildman–Crippen MR) is 110 cm³/mol. The quantitative estimate of drug-likeness (QED) is 0.754. The molecule has 0 spiro atoms. The molecule has 0 aliphatic carbocycles. The number of hydrogen-bond donors (Lipinski definition) is 1. The van der Waals surface area contributed by atoms with Crippen LogP contribution in [0.4, 0.5) is 5.69 Å². The van der Waals surface area contributed by atoms with Crippen molar-refractivity contribution in [1.29, 1.82) is 0 Å². The molecule has 2 atom stereocenters. The fourth-order valence-electron chi connectivity index (χ4n) is 4.49. The van der Waals surface area contributed by atoms with Crippen LogP contribution < -0.4 is 15.0 Å². The zero-order chi connectivity index (χ0) is 19.1. The Labute approximate surface area is 164 Å². The van der Waals surface area contributed by atoms with E-state index < -0.39 is 0 Å². The molecular weight excluding hydrogens is 348 g/mol. The lowest BCUT2D eigenvalue weighted by molar-refractivity contribution is 0.0916. The van der Waals surface area contributed by atoms with Crippen LogP contribution in [0.15, 0.2) is 72.8 Å². The topological polar surface area (TPSA) is 41.6 Å². The number of fused-ring (bicyclic) bond motifs is 4. The Hall–Kier alpha value is -3.27. The van der Waals surface area contributed by atoms with Crippen molar-refractivity contribution in [3.8, 4) is 5.75 Å². The summed E-state index contributed by atoms with van der Waals surface area (Å²) < 4.78 is 5.29. The molecule has 1 N–H and O–H groups in total. The lowest BCUT2D eigenvalue weighted by Crippen LogP contribution is -2.57. The zero-order valence-corrected chi connectivity index (χ0v) is 15.8. The van der Waals surface area contributed by atoms with Crippen LogP contribution in [0.5, 0.6) is 5.75 Å². The molecule has 0 saturated carbocycles. The summed E-state index contributed by atoms with van der Waals surface area (Å²) in [6.07, 6.45) is 0.796. The second-order valence-electron chi connectivity index (χ2n) is 7.42. The number of carbonyl (C=O) groups excluding carboxylic acids is 1. The minimum Gasteiger partial charge on any atom is -0.497 e. The third-order valence-electron chi connectivity index (χ3n) is 5.86. The summed E-state index contributed by atoms with van der Waals surface area (Å²) >= 11 is 0. The highest BCUT2D eigenvalue weighted by atomic mass is 16.5. The molecule has 140 valence electrons. The SMILES string of the molecule is COc1ccc(C[C@H]2c3ccccc3CN3c4ccccc4C(=O)N[C@@H]23)cc1. The lowest BCUT2D eigenvalue weighted by Gasteiger charge is -2.47. The molecule has 0 bridgehead atoms. The summed E-state index contributed by atoms with van der Waals surface area (Å²) in [7, 11) is 1.68. The number of rotatable bonds is 3. The number of ether oxygens (including phenoxy) is 1. The Kier molecular flexibility index (Phi) is 4.05. The van der Waals surface area contributed by atoms with E-state index in [0.29, 0.717) is 0 Å². The van der Waals surface area contributed by atoms with Gasteiger partial charge in [-0.15, -0.1) is 0 Å². The third-order valence-corrected chi connectivity index (χ3v) is 5.86. The van der Waals surface area contributed by atoms with Gasteiger partial charge in [0.1, 0.15) is 11.9 Å². The molecule has 5 rings (SSSR count). The van der Waals surface area contributed by atoms with Crippen molar-refractivity contribution >= 4 is 11.6 Å². The number of para-hydroxylation sites is 1. The fraction of sp³-hybridized carbons (Fsp3) is 0.208. The van der Waals surface area contributed by atoms with Gasteiger partial charge >= 0.3 is 0 Å². The highest BCUT2D eigenvalue weighted by Crippen LogP contribution is 2.40. The summed E-state index contributed by atoms with van der Waals surface area (Å²) in [6.45, 7) is 0.803. The first-order valence-electron chi connectivity index (χ1n) is 9.62. The van der Waals surface area contributed by atoms with Crippen LogP contribution in [0.3, 0.4) is 0 Å². The summed E-state index contributed by atoms with van der Waals surface area (Å²) in [5, 5.41) is 3.27. The van der Waals surface area contributed by atoms with Gasteiger partial charge in [0.15, 0.2) is 0 Å². The average Bonchev–Trinajstić information content (AvgIpc) is 2.75. The van der Waals surface area contributed by atoms with Gasteiger partial charge in [-0.2, -0.15) is 0 Å². The molecule has 4 nitrogen and oxygen atoms in total. The minimum atomic E-state index is -0.0561. The fourth-order valence-corrected chi connectivity index (χ4v) is 4.49. The molecular formula is C24H22N2O2. The number of carbonyl (C=O) groups is 1. The molecule has 0 unspecified atom stereocenters. The van der Waals surface area contributed by atoms with Crippen molar-refractivity contribution < 1.29 is 9.53 Å². The molecule has 4 heteroatoms. The predicted octanol–water partition coefficient (Wildman–Crippen LogP) is 4.11. The van der Waals surface area contributed by atoms with Crippen molar-refractivity contribution in [3.05, 3.63) is 95.1 Å². The highest BCUT2D eigenvalue weighted by Gasteiger charge is 2.40. The average molecular weight is 370 g/mol. The van der Waals surface area contributed by atoms with E-state index in [2.05, 4.69) is 52.7 Å². The molecule has 2 aliphatic heterocycles. The summed E-state index contributed by atoms with van der Waals surface area (Å²) in [5.74, 6) is 1.04. The molecule has 28 heavy (non-hydrogen) atoms. The number of nitrogens with zero attached hydrogens (tertiary/aromatic N) is 1. The van der Waals surface area contributed by atoms with Gasteiger partial charge in [-0.05, 0) is 47.4 Å². The number of methoxy groups -OCH3 is 1. The van der Waals surface area contributed by atoms with Gasteiger partial charge in [-0.3, -0.25) is 4.79 Å². The molecule has 0 fully saturated rings. The second kappa shape index (κ2) is 6.71. The maximum absolute atomic E-state index is 12.8. The van der Waals surface area contributed by atoms with Crippen LogP contribution in [0.25, 0.3) is 0 Å². The number of anilines is 1. The van der Waals surface area contributed by atoms with Gasteiger partial charge in [0.25, 0.3) is 5.91 Å². The normalized spacial score (nSPS) is 19.9. The molecule has 3 aromatic rings. The van der Waals surface area contributed by atoms with Crippen molar-refractivity contribution in [3.63, 3.8) is 0 Å². The molecule has 0 saturated heterocycles. The monoisotopic (exact) mass is 370 g/mol. The van der Waals surface area contributed by atoms with Crippen molar-refractivity contribution in [2.45, 2.75) is 25.0 Å². The van der Waals surface area contributed by atoms with Crippen molar-refractivity contribution in [2.24, 2.45) is 0 Å². The molecule has 0 radical (unpaired) electrons. The smallest absolute Gasteiger partial charge is 0.254 e. The minimum absolute atomic E-state index is 0.0102. The Morgan fingerprint density at radius 3 is 2.57 bits per heavy atom. The van der Waals surface area contributed by atoms with Gasteiger partial charge in [-0.25, -0.2) is 0 Å². The Morgan fingerprint density at radius 1 is 1.00 bits per heavy atom. The Balaban J connectivity index is 1.57. The maximum Gasteiger partial charge on any atom is 0.254 e. The van der Waals surface area contributed by atoms with E-state index in [1.165, 1.54) is 16.7 Å². The van der Waals surface area contributed by atoms with Gasteiger partial charge in [0, 0.05) is 12.5 Å². The van der Waals surface area contributed by atoms with Crippen LogP contribution in [0.1, 0.15) is 33.0 Å². The maximum atomic E-state index is 12.8. The van der Waals surface area contributed by atoms with E-state index in [-0.39, 0.29) is 18.0 Å². The van der Waals surface area contributed by atoms with Crippen molar-refractivity contribution in [1.82, 2.24) is 5.32 Å². The highest BCUT2D eigenvalue weighted by molar-refractivity contribution is 6.02. The Bertz CT molecular complexity index is 1030. The lowest BCUT2D eigenvalue weighted by atomic mass is 9.81.